The van der Waals surface area contributed by atoms with Gasteiger partial charge in [0, 0.05) is 26.7 Å². The fourth-order valence-corrected chi connectivity index (χ4v) is 6.97. The molecule has 0 radical (unpaired) electrons. The van der Waals surface area contributed by atoms with Gasteiger partial charge in [0.1, 0.15) is 24.1 Å². The summed E-state index contributed by atoms with van der Waals surface area (Å²) in [5.74, 6) is 0.585. The van der Waals surface area contributed by atoms with Gasteiger partial charge < -0.3 is 14.2 Å². The number of carbonyl (C=O) groups excluding carboxylic acids is 1. The molecule has 0 spiro atoms. The second-order valence-electron chi connectivity index (χ2n) is 10.3. The van der Waals surface area contributed by atoms with E-state index in [0.29, 0.717) is 47.7 Å². The quantitative estimate of drug-likeness (QED) is 0.171. The predicted molar refractivity (Wildman–Crippen MR) is 178 cm³/mol. The zero-order valence-electron chi connectivity index (χ0n) is 24.7. The average molecular weight is 660 g/mol. The Hall–Kier alpha value is -4.37. The highest BCUT2D eigenvalue weighted by molar-refractivity contribution is 7.07. The third-order valence-corrected chi connectivity index (χ3v) is 9.11. The number of thiazole rings is 1. The van der Waals surface area contributed by atoms with E-state index in [4.69, 9.17) is 42.4 Å². The molecule has 228 valence electrons. The third kappa shape index (κ3) is 5.89. The monoisotopic (exact) mass is 658 g/mol. The molecule has 0 amide bonds. The van der Waals surface area contributed by atoms with Gasteiger partial charge in [-0.25, -0.2) is 9.79 Å². The van der Waals surface area contributed by atoms with Crippen molar-refractivity contribution in [3.63, 3.8) is 0 Å². The predicted octanol–water partition coefficient (Wildman–Crippen LogP) is 6.85. The molecule has 1 atom stereocenters. The van der Waals surface area contributed by atoms with E-state index in [2.05, 4.69) is 0 Å². The van der Waals surface area contributed by atoms with Gasteiger partial charge in [-0.15, -0.1) is 0 Å². The van der Waals surface area contributed by atoms with Gasteiger partial charge in [-0.3, -0.25) is 9.36 Å². The molecule has 1 aromatic heterocycles. The van der Waals surface area contributed by atoms with Crippen LogP contribution in [0.1, 0.15) is 36.6 Å². The fourth-order valence-electron chi connectivity index (χ4n) is 5.47. The van der Waals surface area contributed by atoms with Gasteiger partial charge in [0.25, 0.3) is 5.56 Å². The van der Waals surface area contributed by atoms with Gasteiger partial charge in [-0.2, -0.15) is 0 Å². The van der Waals surface area contributed by atoms with Gasteiger partial charge in [0.05, 0.1) is 29.5 Å². The molecular weight excluding hydrogens is 631 g/mol. The van der Waals surface area contributed by atoms with Crippen molar-refractivity contribution in [3.05, 3.63) is 137 Å². The maximum atomic E-state index is 14.3. The van der Waals surface area contributed by atoms with E-state index < -0.39 is 12.0 Å². The topological polar surface area (TPSA) is 79.1 Å². The van der Waals surface area contributed by atoms with Crippen LogP contribution < -0.4 is 24.4 Å². The van der Waals surface area contributed by atoms with Crippen LogP contribution in [0.3, 0.4) is 0 Å². The van der Waals surface area contributed by atoms with Crippen molar-refractivity contribution in [1.82, 2.24) is 4.57 Å². The van der Waals surface area contributed by atoms with Crippen LogP contribution in [-0.2, 0) is 16.1 Å². The lowest BCUT2D eigenvalue weighted by atomic mass is 9.90. The first-order valence-corrected chi connectivity index (χ1v) is 15.8. The van der Waals surface area contributed by atoms with E-state index in [9.17, 15) is 9.59 Å². The number of allylic oxidation sites excluding steroid dienone is 1. The van der Waals surface area contributed by atoms with Crippen molar-refractivity contribution >= 4 is 57.4 Å². The lowest BCUT2D eigenvalue weighted by Gasteiger charge is -2.27. The van der Waals surface area contributed by atoms with Crippen molar-refractivity contribution < 1.29 is 19.0 Å². The number of aromatic nitrogens is 1. The summed E-state index contributed by atoms with van der Waals surface area (Å²) in [6.07, 6.45) is 1.78. The maximum Gasteiger partial charge on any atom is 0.338 e. The molecule has 0 saturated heterocycles. The molecule has 6 rings (SSSR count). The molecule has 2 heterocycles. The van der Waals surface area contributed by atoms with Crippen LogP contribution in [0.4, 0.5) is 0 Å². The van der Waals surface area contributed by atoms with Crippen molar-refractivity contribution in [2.75, 3.05) is 13.7 Å². The van der Waals surface area contributed by atoms with Gasteiger partial charge in [0.2, 0.25) is 0 Å². The Kier molecular flexibility index (Phi) is 8.81. The summed E-state index contributed by atoms with van der Waals surface area (Å²) in [6, 6.07) is 23.5. The largest absolute Gasteiger partial charge is 0.496 e. The molecule has 4 aromatic carbocycles. The van der Waals surface area contributed by atoms with Crippen LogP contribution in [0, 0.1) is 0 Å². The summed E-state index contributed by atoms with van der Waals surface area (Å²) in [6.45, 7) is 3.90. The van der Waals surface area contributed by atoms with Gasteiger partial charge >= 0.3 is 5.97 Å². The van der Waals surface area contributed by atoms with Crippen LogP contribution >= 0.6 is 34.5 Å². The van der Waals surface area contributed by atoms with Gasteiger partial charge in [-0.05, 0) is 55.0 Å². The molecule has 0 aliphatic carbocycles. The molecular formula is C35H28Cl2N2O5S. The minimum absolute atomic E-state index is 0.178. The lowest BCUT2D eigenvalue weighted by Crippen LogP contribution is -2.40. The molecule has 45 heavy (non-hydrogen) atoms. The fraction of sp³-hybridized carbons (Fsp3) is 0.171. The number of benzene rings is 4. The highest BCUT2D eigenvalue weighted by Crippen LogP contribution is 2.40. The molecule has 0 fully saturated rings. The summed E-state index contributed by atoms with van der Waals surface area (Å²) in [7, 11) is 1.58. The van der Waals surface area contributed by atoms with E-state index in [1.54, 1.807) is 43.7 Å². The first-order valence-electron chi connectivity index (χ1n) is 14.2. The molecule has 10 heteroatoms. The summed E-state index contributed by atoms with van der Waals surface area (Å²) in [5, 5.41) is 2.85. The van der Waals surface area contributed by atoms with E-state index in [-0.39, 0.29) is 24.3 Å². The standard InChI is InChI=1S/C35H28Cl2N2O5S/c1-4-43-34(41)30-20(2)38-35-39(32(30)31-25-11-7-5-9-21(25)14-16-28(31)42-3)33(40)29(45-35)17-22-10-6-8-12-27(22)44-19-23-13-15-24(36)18-26(23)37/h5-18,32H,4,19H2,1-3H3/b29-17+/t32-/m0/s1. The van der Waals surface area contributed by atoms with E-state index in [1.165, 1.54) is 11.3 Å². The number of methoxy groups -OCH3 is 1. The molecule has 1 aliphatic heterocycles. The van der Waals surface area contributed by atoms with Crippen LogP contribution in [0.25, 0.3) is 16.8 Å². The molecule has 0 N–H and O–H groups in total. The number of esters is 1. The molecule has 0 saturated carbocycles. The Morgan fingerprint density at radius 2 is 1.80 bits per heavy atom. The molecule has 7 nitrogen and oxygen atoms in total. The normalized spacial score (nSPS) is 14.7. The Bertz CT molecular complexity index is 2170. The van der Waals surface area contributed by atoms with Gasteiger partial charge in [0.15, 0.2) is 4.80 Å². The number of nitrogens with zero attached hydrogens (tertiary/aromatic N) is 2. The van der Waals surface area contributed by atoms with E-state index in [0.717, 1.165) is 16.3 Å². The van der Waals surface area contributed by atoms with E-state index >= 15 is 0 Å². The number of ether oxygens (including phenoxy) is 3. The number of halogens is 2. The zero-order valence-corrected chi connectivity index (χ0v) is 27.0. The van der Waals surface area contributed by atoms with Crippen molar-refractivity contribution in [3.8, 4) is 11.5 Å². The third-order valence-electron chi connectivity index (χ3n) is 7.54. The Balaban J connectivity index is 1.52. The number of hydrogen-bond donors (Lipinski definition) is 0. The van der Waals surface area contributed by atoms with Crippen LogP contribution in [0.5, 0.6) is 11.5 Å². The first kappa shape index (κ1) is 30.6. The number of para-hydroxylation sites is 1. The van der Waals surface area contributed by atoms with Crippen LogP contribution in [0.2, 0.25) is 10.0 Å². The highest BCUT2D eigenvalue weighted by Gasteiger charge is 2.36. The summed E-state index contributed by atoms with van der Waals surface area (Å²) in [4.78, 5) is 33.0. The highest BCUT2D eigenvalue weighted by atomic mass is 35.5. The Morgan fingerprint density at radius 1 is 1.02 bits per heavy atom. The molecule has 1 aliphatic rings. The first-order chi connectivity index (χ1) is 21.8. The summed E-state index contributed by atoms with van der Waals surface area (Å²) in [5.41, 5.74) is 2.63. The van der Waals surface area contributed by atoms with Crippen molar-refractivity contribution in [1.29, 1.82) is 0 Å². The van der Waals surface area contributed by atoms with Crippen LogP contribution in [0.15, 0.2) is 99.9 Å². The Labute approximate surface area is 273 Å². The lowest BCUT2D eigenvalue weighted by molar-refractivity contribution is -0.139. The summed E-state index contributed by atoms with van der Waals surface area (Å²) >= 11 is 13.7. The van der Waals surface area contributed by atoms with Crippen molar-refractivity contribution in [2.24, 2.45) is 4.99 Å². The second-order valence-corrected chi connectivity index (χ2v) is 12.1. The number of fused-ring (bicyclic) bond motifs is 2. The molecule has 0 unspecified atom stereocenters. The molecule has 5 aromatic rings. The second kappa shape index (κ2) is 12.9. The SMILES string of the molecule is CCOC(=O)C1=C(C)N=c2s/c(=C/c3ccccc3OCc3ccc(Cl)cc3Cl)c(=O)n2[C@@H]1c1c(OC)ccc2ccccc12. The smallest absolute Gasteiger partial charge is 0.338 e. The van der Waals surface area contributed by atoms with Gasteiger partial charge in [-0.1, -0.05) is 89.1 Å². The molecule has 0 bridgehead atoms. The number of rotatable bonds is 8. The van der Waals surface area contributed by atoms with Crippen molar-refractivity contribution in [2.45, 2.75) is 26.5 Å². The van der Waals surface area contributed by atoms with E-state index in [1.807, 2.05) is 66.7 Å². The minimum Gasteiger partial charge on any atom is -0.496 e. The Morgan fingerprint density at radius 3 is 2.58 bits per heavy atom. The summed E-state index contributed by atoms with van der Waals surface area (Å²) < 4.78 is 19.5. The van der Waals surface area contributed by atoms with Crippen LogP contribution in [-0.4, -0.2) is 24.3 Å². The maximum absolute atomic E-state index is 14.3. The zero-order chi connectivity index (χ0) is 31.7. The minimum atomic E-state index is -0.831. The number of hydrogen-bond acceptors (Lipinski definition) is 7. The average Bonchev–Trinajstić information content (AvgIpc) is 3.33. The number of carbonyl (C=O) groups is 1.